The van der Waals surface area contributed by atoms with E-state index in [1.165, 1.54) is 31.7 Å². The van der Waals surface area contributed by atoms with Gasteiger partial charge in [0.2, 0.25) is 5.91 Å². The lowest BCUT2D eigenvalue weighted by Gasteiger charge is -2.35. The van der Waals surface area contributed by atoms with Crippen LogP contribution in [-0.4, -0.2) is 55.6 Å². The van der Waals surface area contributed by atoms with Crippen LogP contribution >= 0.6 is 0 Å². The molecule has 2 saturated carbocycles. The summed E-state index contributed by atoms with van der Waals surface area (Å²) in [5, 5.41) is 5.44. The lowest BCUT2D eigenvalue weighted by molar-refractivity contribution is -0.121. The predicted octanol–water partition coefficient (Wildman–Crippen LogP) is 2.60. The molecular formula is C22H31FN4O2. The van der Waals surface area contributed by atoms with Crippen LogP contribution in [0.15, 0.2) is 24.3 Å². The number of halogens is 1. The first-order chi connectivity index (χ1) is 14.0. The fraction of sp³-hybridized carbons (Fsp3) is 0.636. The lowest BCUT2D eigenvalue weighted by Crippen LogP contribution is -2.52. The number of imide groups is 1. The van der Waals surface area contributed by atoms with Crippen LogP contribution in [0.3, 0.4) is 0 Å². The molecule has 0 radical (unpaired) electrons. The molecule has 3 fully saturated rings. The second-order valence-corrected chi connectivity index (χ2v) is 8.86. The van der Waals surface area contributed by atoms with E-state index in [2.05, 4.69) is 17.6 Å². The third-order valence-electron chi connectivity index (χ3n) is 6.98. The van der Waals surface area contributed by atoms with Gasteiger partial charge in [0.15, 0.2) is 0 Å². The summed E-state index contributed by atoms with van der Waals surface area (Å²) in [5.41, 5.74) is 0.602. The van der Waals surface area contributed by atoms with Gasteiger partial charge in [-0.15, -0.1) is 0 Å². The highest BCUT2D eigenvalue weighted by Crippen LogP contribution is 2.49. The van der Waals surface area contributed by atoms with Crippen LogP contribution in [0.4, 0.5) is 14.9 Å². The summed E-state index contributed by atoms with van der Waals surface area (Å²) in [6, 6.07) is 6.46. The molecule has 0 aromatic heterocycles. The van der Waals surface area contributed by atoms with Crippen LogP contribution in [0.2, 0.25) is 0 Å². The van der Waals surface area contributed by atoms with Gasteiger partial charge in [-0.2, -0.15) is 0 Å². The molecule has 2 aliphatic carbocycles. The summed E-state index contributed by atoms with van der Waals surface area (Å²) in [6.07, 6.45) is 5.12. The van der Waals surface area contributed by atoms with Gasteiger partial charge in [0.25, 0.3) is 0 Å². The average Bonchev–Trinajstić information content (AvgIpc) is 3.32. The predicted molar refractivity (Wildman–Crippen MR) is 110 cm³/mol. The molecule has 1 aliphatic heterocycles. The van der Waals surface area contributed by atoms with Crippen molar-refractivity contribution in [3.05, 3.63) is 30.1 Å². The van der Waals surface area contributed by atoms with Crippen molar-refractivity contribution in [3.8, 4) is 0 Å². The SMILES string of the molecule is CC(NC(=O)NC(=O)CN1CCN(c2ccccc2F)CC1)C1CC2CCC1C2. The van der Waals surface area contributed by atoms with Gasteiger partial charge in [-0.1, -0.05) is 18.6 Å². The van der Waals surface area contributed by atoms with E-state index in [9.17, 15) is 14.0 Å². The molecule has 1 heterocycles. The van der Waals surface area contributed by atoms with E-state index in [0.29, 0.717) is 37.8 Å². The molecule has 6 nitrogen and oxygen atoms in total. The number of anilines is 1. The van der Waals surface area contributed by atoms with E-state index in [4.69, 9.17) is 0 Å². The number of urea groups is 1. The van der Waals surface area contributed by atoms with Gasteiger partial charge < -0.3 is 10.2 Å². The molecule has 2 N–H and O–H groups in total. The number of nitrogens with one attached hydrogen (secondary N) is 2. The van der Waals surface area contributed by atoms with Crippen LogP contribution in [0.1, 0.15) is 32.6 Å². The summed E-state index contributed by atoms with van der Waals surface area (Å²) >= 11 is 0. The molecule has 158 valence electrons. The smallest absolute Gasteiger partial charge is 0.321 e. The zero-order valence-electron chi connectivity index (χ0n) is 17.1. The molecule has 2 bridgehead atoms. The Bertz CT molecular complexity index is 750. The largest absolute Gasteiger partial charge is 0.367 e. The maximum atomic E-state index is 13.9. The van der Waals surface area contributed by atoms with E-state index >= 15 is 0 Å². The van der Waals surface area contributed by atoms with Crippen molar-refractivity contribution < 1.29 is 14.0 Å². The molecule has 1 aromatic rings. The zero-order chi connectivity index (χ0) is 20.4. The Morgan fingerprint density at radius 1 is 1.14 bits per heavy atom. The Morgan fingerprint density at radius 2 is 1.90 bits per heavy atom. The maximum absolute atomic E-state index is 13.9. The minimum absolute atomic E-state index is 0.0995. The Morgan fingerprint density at radius 3 is 2.55 bits per heavy atom. The standard InChI is InChI=1S/C22H31FN4O2/c1-15(18-13-16-6-7-17(18)12-16)24-22(29)25-21(28)14-26-8-10-27(11-9-26)20-5-3-2-4-19(20)23/h2-5,15-18H,6-14H2,1H3,(H2,24,25,28,29). The zero-order valence-corrected chi connectivity index (χ0v) is 17.1. The minimum atomic E-state index is -0.393. The first-order valence-corrected chi connectivity index (χ1v) is 10.8. The number of rotatable bonds is 5. The topological polar surface area (TPSA) is 64.7 Å². The molecule has 3 amide bonds. The van der Waals surface area contributed by atoms with E-state index in [1.54, 1.807) is 12.1 Å². The number of piperazine rings is 1. The number of hydrogen-bond donors (Lipinski definition) is 2. The monoisotopic (exact) mass is 402 g/mol. The molecule has 4 rings (SSSR count). The highest BCUT2D eigenvalue weighted by atomic mass is 19.1. The Hall–Kier alpha value is -2.15. The fourth-order valence-corrected chi connectivity index (χ4v) is 5.48. The number of amides is 3. The second kappa shape index (κ2) is 8.69. The van der Waals surface area contributed by atoms with E-state index < -0.39 is 6.03 Å². The Balaban J connectivity index is 1.18. The molecule has 4 unspecified atom stereocenters. The van der Waals surface area contributed by atoms with Gasteiger partial charge >= 0.3 is 6.03 Å². The number of hydrogen-bond acceptors (Lipinski definition) is 4. The van der Waals surface area contributed by atoms with E-state index in [0.717, 1.165) is 11.8 Å². The highest BCUT2D eigenvalue weighted by molar-refractivity contribution is 5.95. The summed E-state index contributed by atoms with van der Waals surface area (Å²) in [5.74, 6) is 1.60. The van der Waals surface area contributed by atoms with Gasteiger partial charge in [-0.3, -0.25) is 15.0 Å². The number of fused-ring (bicyclic) bond motifs is 2. The first-order valence-electron chi connectivity index (χ1n) is 10.8. The first kappa shape index (κ1) is 20.1. The van der Waals surface area contributed by atoms with Gasteiger partial charge in [-0.05, 0) is 56.1 Å². The lowest BCUT2D eigenvalue weighted by atomic mass is 9.84. The van der Waals surface area contributed by atoms with Crippen LogP contribution in [-0.2, 0) is 4.79 Å². The van der Waals surface area contributed by atoms with E-state index in [-0.39, 0.29) is 24.3 Å². The van der Waals surface area contributed by atoms with Crippen molar-refractivity contribution in [2.45, 2.75) is 38.6 Å². The number of carbonyl (C=O) groups excluding carboxylic acids is 2. The van der Waals surface area contributed by atoms with Crippen molar-refractivity contribution in [1.29, 1.82) is 0 Å². The summed E-state index contributed by atoms with van der Waals surface area (Å²) in [7, 11) is 0. The minimum Gasteiger partial charge on any atom is -0.367 e. The quantitative estimate of drug-likeness (QED) is 0.795. The van der Waals surface area contributed by atoms with Crippen LogP contribution < -0.4 is 15.5 Å². The van der Waals surface area contributed by atoms with Crippen molar-refractivity contribution in [3.63, 3.8) is 0 Å². The molecule has 0 spiro atoms. The third-order valence-corrected chi connectivity index (χ3v) is 6.98. The van der Waals surface area contributed by atoms with Crippen LogP contribution in [0.5, 0.6) is 0 Å². The molecule has 4 atom stereocenters. The van der Waals surface area contributed by atoms with Crippen molar-refractivity contribution >= 4 is 17.6 Å². The van der Waals surface area contributed by atoms with Crippen LogP contribution in [0, 0.1) is 23.6 Å². The summed E-state index contributed by atoms with van der Waals surface area (Å²) in [6.45, 7) is 4.86. The normalized spacial score (nSPS) is 27.7. The van der Waals surface area contributed by atoms with Gasteiger partial charge in [-0.25, -0.2) is 9.18 Å². The molecule has 1 saturated heterocycles. The highest BCUT2D eigenvalue weighted by Gasteiger charge is 2.42. The number of para-hydroxylation sites is 1. The van der Waals surface area contributed by atoms with Gasteiger partial charge in [0.1, 0.15) is 5.82 Å². The van der Waals surface area contributed by atoms with Crippen molar-refractivity contribution in [2.75, 3.05) is 37.6 Å². The summed E-state index contributed by atoms with van der Waals surface area (Å²) in [4.78, 5) is 28.5. The third kappa shape index (κ3) is 4.71. The fourth-order valence-electron chi connectivity index (χ4n) is 5.48. The van der Waals surface area contributed by atoms with Gasteiger partial charge in [0.05, 0.1) is 12.2 Å². The number of carbonyl (C=O) groups is 2. The van der Waals surface area contributed by atoms with Crippen molar-refractivity contribution in [2.24, 2.45) is 17.8 Å². The van der Waals surface area contributed by atoms with Crippen LogP contribution in [0.25, 0.3) is 0 Å². The molecule has 7 heteroatoms. The maximum Gasteiger partial charge on any atom is 0.321 e. The molecule has 3 aliphatic rings. The average molecular weight is 403 g/mol. The summed E-state index contributed by atoms with van der Waals surface area (Å²) < 4.78 is 13.9. The molecule has 29 heavy (non-hydrogen) atoms. The molecular weight excluding hydrogens is 371 g/mol. The van der Waals surface area contributed by atoms with Crippen molar-refractivity contribution in [1.82, 2.24) is 15.5 Å². The van der Waals surface area contributed by atoms with E-state index in [1.807, 2.05) is 15.9 Å². The van der Waals surface area contributed by atoms with Gasteiger partial charge in [0, 0.05) is 32.2 Å². The molecule has 1 aromatic carbocycles. The Kier molecular flexibility index (Phi) is 6.04. The second-order valence-electron chi connectivity index (χ2n) is 8.86. The Labute approximate surface area is 171 Å². The number of benzene rings is 1. The number of nitrogens with zero attached hydrogens (tertiary/aromatic N) is 2.